The standard InChI is InChI=1S/C5H11NS2.Na/c1-3-6(4-2)8-5-7;/h5H,3-4H2,1-2H3;. The van der Waals surface area contributed by atoms with Crippen LogP contribution in [0.1, 0.15) is 13.8 Å². The molecule has 0 unspecified atom stereocenters. The topological polar surface area (TPSA) is 3.24 Å². The normalized spacial score (nSPS) is 8.78. The summed E-state index contributed by atoms with van der Waals surface area (Å²) in [5.41, 5.74) is 0. The predicted octanol–water partition coefficient (Wildman–Crippen LogP) is 1.55. The van der Waals surface area contributed by atoms with E-state index in [9.17, 15) is 0 Å². The zero-order valence-corrected chi connectivity index (χ0v) is 9.89. The third-order valence-corrected chi connectivity index (χ3v) is 2.06. The van der Waals surface area contributed by atoms with Crippen molar-refractivity contribution >= 4 is 58.4 Å². The Morgan fingerprint density at radius 3 is 2.00 bits per heavy atom. The Balaban J connectivity index is 0. The van der Waals surface area contributed by atoms with Crippen LogP contribution >= 0.6 is 24.2 Å². The van der Waals surface area contributed by atoms with Crippen molar-refractivity contribution < 1.29 is 0 Å². The molecule has 1 radical (unpaired) electrons. The van der Waals surface area contributed by atoms with E-state index in [1.165, 1.54) is 0 Å². The van der Waals surface area contributed by atoms with Gasteiger partial charge in [-0.2, -0.15) is 0 Å². The fourth-order valence-corrected chi connectivity index (χ4v) is 1.22. The van der Waals surface area contributed by atoms with Crippen LogP contribution in [0.25, 0.3) is 0 Å². The maximum atomic E-state index is 4.66. The van der Waals surface area contributed by atoms with Gasteiger partial charge >= 0.3 is 0 Å². The molecule has 0 bridgehead atoms. The maximum Gasteiger partial charge on any atom is 0.0499 e. The first-order chi connectivity index (χ1) is 3.85. The van der Waals surface area contributed by atoms with Crippen LogP contribution in [-0.2, 0) is 0 Å². The van der Waals surface area contributed by atoms with Crippen molar-refractivity contribution in [1.82, 2.24) is 4.31 Å². The Labute approximate surface area is 89.0 Å². The molecule has 0 aliphatic rings. The van der Waals surface area contributed by atoms with Gasteiger partial charge in [0.2, 0.25) is 0 Å². The van der Waals surface area contributed by atoms with Crippen molar-refractivity contribution in [1.29, 1.82) is 0 Å². The van der Waals surface area contributed by atoms with E-state index in [0.29, 0.717) is 0 Å². The number of nitrogens with zero attached hydrogens (tertiary/aromatic N) is 1. The minimum Gasteiger partial charge on any atom is -0.247 e. The Kier molecular flexibility index (Phi) is 13.6. The quantitative estimate of drug-likeness (QED) is 0.360. The van der Waals surface area contributed by atoms with Crippen LogP contribution in [-0.4, -0.2) is 51.7 Å². The predicted molar refractivity (Wildman–Crippen MR) is 49.9 cm³/mol. The fourth-order valence-electron chi connectivity index (χ4n) is 0.434. The molecule has 0 N–H and O–H groups in total. The van der Waals surface area contributed by atoms with Gasteiger partial charge in [-0.05, 0) is 11.9 Å². The molecule has 0 rings (SSSR count). The smallest absolute Gasteiger partial charge is 0.0499 e. The molecule has 0 amide bonds. The van der Waals surface area contributed by atoms with E-state index in [0.717, 1.165) is 13.1 Å². The van der Waals surface area contributed by atoms with Gasteiger partial charge in [0.15, 0.2) is 0 Å². The van der Waals surface area contributed by atoms with Crippen LogP contribution in [0.3, 0.4) is 0 Å². The van der Waals surface area contributed by atoms with Crippen LogP contribution in [0.15, 0.2) is 0 Å². The summed E-state index contributed by atoms with van der Waals surface area (Å²) in [4.78, 5) is 0. The molecule has 9 heavy (non-hydrogen) atoms. The van der Waals surface area contributed by atoms with E-state index < -0.39 is 0 Å². The number of rotatable bonds is 4. The van der Waals surface area contributed by atoms with Crippen LogP contribution in [0.2, 0.25) is 0 Å². The van der Waals surface area contributed by atoms with Gasteiger partial charge in [-0.15, -0.1) is 0 Å². The van der Waals surface area contributed by atoms with E-state index in [1.54, 1.807) is 16.6 Å². The molecule has 0 saturated heterocycles. The second-order valence-electron chi connectivity index (χ2n) is 1.32. The molecule has 0 aromatic heterocycles. The zero-order valence-electron chi connectivity index (χ0n) is 6.26. The summed E-state index contributed by atoms with van der Waals surface area (Å²) in [5, 5.41) is 0. The number of hydrogen-bond acceptors (Lipinski definition) is 3. The fraction of sp³-hybridized carbons (Fsp3) is 0.800. The Morgan fingerprint density at radius 2 is 1.89 bits per heavy atom. The monoisotopic (exact) mass is 172 g/mol. The summed E-state index contributed by atoms with van der Waals surface area (Å²) in [5.74, 6) is 0. The Bertz CT molecular complexity index is 66.0. The van der Waals surface area contributed by atoms with E-state index >= 15 is 0 Å². The number of hydrogen-bond donors (Lipinski definition) is 0. The van der Waals surface area contributed by atoms with Gasteiger partial charge in [-0.1, -0.05) is 26.1 Å². The summed E-state index contributed by atoms with van der Waals surface area (Å²) >= 11 is 6.26. The summed E-state index contributed by atoms with van der Waals surface area (Å²) in [7, 11) is 0. The van der Waals surface area contributed by atoms with Crippen LogP contribution in [0.5, 0.6) is 0 Å². The molecule has 0 heterocycles. The molecular weight excluding hydrogens is 161 g/mol. The SMILES string of the molecule is CCN(CC)SC=S.[Na]. The zero-order chi connectivity index (χ0) is 6.41. The molecule has 1 nitrogen and oxygen atoms in total. The molecule has 0 aliphatic carbocycles. The first-order valence-electron chi connectivity index (χ1n) is 2.70. The molecule has 0 aromatic rings. The molecule has 0 saturated carbocycles. The number of thiocarbonyl (C=S) groups is 1. The van der Waals surface area contributed by atoms with Gasteiger partial charge in [-0.25, -0.2) is 4.31 Å². The van der Waals surface area contributed by atoms with Crippen molar-refractivity contribution in [2.45, 2.75) is 13.8 Å². The van der Waals surface area contributed by atoms with Crippen molar-refractivity contribution in [3.8, 4) is 0 Å². The molecule has 4 heteroatoms. The third-order valence-electron chi connectivity index (χ3n) is 0.898. The molecule has 0 aromatic carbocycles. The Morgan fingerprint density at radius 1 is 1.44 bits per heavy atom. The van der Waals surface area contributed by atoms with E-state index in [1.807, 2.05) is 0 Å². The summed E-state index contributed by atoms with van der Waals surface area (Å²) < 4.78 is 3.88. The summed E-state index contributed by atoms with van der Waals surface area (Å²) in [6.45, 7) is 6.37. The molecule has 0 aliphatic heterocycles. The van der Waals surface area contributed by atoms with E-state index in [4.69, 9.17) is 0 Å². The molecule has 0 atom stereocenters. The minimum atomic E-state index is 0. The first kappa shape index (κ1) is 13.0. The molecule has 49 valence electrons. The molecule has 0 spiro atoms. The largest absolute Gasteiger partial charge is 0.247 e. The van der Waals surface area contributed by atoms with Gasteiger partial charge in [0, 0.05) is 47.3 Å². The van der Waals surface area contributed by atoms with Crippen molar-refractivity contribution in [3.05, 3.63) is 0 Å². The van der Waals surface area contributed by atoms with E-state index in [2.05, 4.69) is 30.4 Å². The maximum absolute atomic E-state index is 4.66. The second-order valence-corrected chi connectivity index (χ2v) is 2.81. The van der Waals surface area contributed by atoms with Gasteiger partial charge < -0.3 is 0 Å². The molecule has 0 fully saturated rings. The van der Waals surface area contributed by atoms with Gasteiger partial charge in [0.25, 0.3) is 0 Å². The van der Waals surface area contributed by atoms with Crippen LogP contribution in [0, 0.1) is 0 Å². The Hall–Kier alpha value is 1.40. The van der Waals surface area contributed by atoms with Gasteiger partial charge in [-0.3, -0.25) is 0 Å². The average molecular weight is 172 g/mol. The summed E-state index contributed by atoms with van der Waals surface area (Å²) in [6, 6.07) is 0. The summed E-state index contributed by atoms with van der Waals surface area (Å²) in [6.07, 6.45) is 0. The van der Waals surface area contributed by atoms with Gasteiger partial charge in [0.05, 0.1) is 0 Å². The molecular formula is C5H11NNaS2. The van der Waals surface area contributed by atoms with Crippen molar-refractivity contribution in [2.75, 3.05) is 13.1 Å². The minimum absolute atomic E-state index is 0. The van der Waals surface area contributed by atoms with Crippen LogP contribution in [0.4, 0.5) is 0 Å². The second kappa shape index (κ2) is 9.40. The van der Waals surface area contributed by atoms with E-state index in [-0.39, 0.29) is 29.6 Å². The van der Waals surface area contributed by atoms with Crippen LogP contribution < -0.4 is 0 Å². The first-order valence-corrected chi connectivity index (χ1v) is 4.01. The third kappa shape index (κ3) is 7.30. The van der Waals surface area contributed by atoms with Crippen molar-refractivity contribution in [2.24, 2.45) is 0 Å². The van der Waals surface area contributed by atoms with Crippen molar-refractivity contribution in [3.63, 3.8) is 0 Å². The van der Waals surface area contributed by atoms with Gasteiger partial charge in [0.1, 0.15) is 0 Å². The average Bonchev–Trinajstić information content (AvgIpc) is 1.83.